The van der Waals surface area contributed by atoms with Crippen LogP contribution in [-0.4, -0.2) is 58.1 Å². The molecule has 8 nitrogen and oxygen atoms in total. The van der Waals surface area contributed by atoms with E-state index >= 15 is 0 Å². The van der Waals surface area contributed by atoms with Crippen molar-refractivity contribution in [2.75, 3.05) is 13.2 Å². The molecular weight excluding hydrogens is 368 g/mol. The largest absolute Gasteiger partial charge is 0.458 e. The van der Waals surface area contributed by atoms with Crippen LogP contribution >= 0.6 is 0 Å². The van der Waals surface area contributed by atoms with Crippen LogP contribution in [0.15, 0.2) is 0 Å². The lowest BCUT2D eigenvalue weighted by Gasteiger charge is -2.63. The molecule has 28 heavy (non-hydrogen) atoms. The van der Waals surface area contributed by atoms with E-state index in [1.165, 1.54) is 0 Å². The van der Waals surface area contributed by atoms with Gasteiger partial charge in [0.15, 0.2) is 0 Å². The van der Waals surface area contributed by atoms with Crippen molar-refractivity contribution in [2.45, 2.75) is 82.5 Å². The summed E-state index contributed by atoms with van der Waals surface area (Å²) in [5.41, 5.74) is -3.46. The molecule has 0 spiro atoms. The Morgan fingerprint density at radius 1 is 0.857 bits per heavy atom. The lowest BCUT2D eigenvalue weighted by molar-refractivity contribution is -0.275. The number of hydrogen-bond donors (Lipinski definition) is 2. The van der Waals surface area contributed by atoms with Crippen molar-refractivity contribution in [3.8, 4) is 0 Å². The zero-order valence-electron chi connectivity index (χ0n) is 16.8. The quantitative estimate of drug-likeness (QED) is 0.486. The zero-order valence-corrected chi connectivity index (χ0v) is 16.8. The van der Waals surface area contributed by atoms with E-state index in [0.717, 1.165) is 0 Å². The van der Waals surface area contributed by atoms with Crippen molar-refractivity contribution < 1.29 is 38.8 Å². The van der Waals surface area contributed by atoms with Crippen LogP contribution in [0.2, 0.25) is 0 Å². The van der Waals surface area contributed by atoms with Crippen molar-refractivity contribution in [1.29, 1.82) is 0 Å². The van der Waals surface area contributed by atoms with E-state index in [1.54, 1.807) is 0 Å². The Bertz CT molecular complexity index is 635. The number of rotatable bonds is 7. The summed E-state index contributed by atoms with van der Waals surface area (Å²) in [5.74, 6) is -1.78. The lowest BCUT2D eigenvalue weighted by Crippen LogP contribution is -2.69. The minimum Gasteiger partial charge on any atom is -0.458 e. The van der Waals surface area contributed by atoms with Crippen LogP contribution in [0, 0.1) is 11.3 Å². The maximum atomic E-state index is 12.8. The van der Waals surface area contributed by atoms with Gasteiger partial charge in [-0.1, -0.05) is 6.92 Å². The Morgan fingerprint density at radius 3 is 1.61 bits per heavy atom. The Kier molecular flexibility index (Phi) is 5.25. The van der Waals surface area contributed by atoms with Crippen LogP contribution in [-0.2, 0) is 28.6 Å². The molecule has 0 aliphatic heterocycles. The Labute approximate surface area is 164 Å². The Balaban J connectivity index is 1.94. The lowest BCUT2D eigenvalue weighted by atomic mass is 9.50. The molecule has 4 aliphatic rings. The van der Waals surface area contributed by atoms with Gasteiger partial charge in [-0.05, 0) is 45.4 Å². The SMILES string of the molecule is CCC(C)(C)C(=O)OC12CC3CC(OC(=O)CO)(CC(OC(=O)CO)(C3)C1)C2. The molecule has 2 atom stereocenters. The number of esters is 3. The first-order valence-electron chi connectivity index (χ1n) is 9.89. The molecule has 4 aliphatic carbocycles. The average Bonchev–Trinajstić information content (AvgIpc) is 2.58. The first-order chi connectivity index (χ1) is 13.0. The highest BCUT2D eigenvalue weighted by Gasteiger charge is 2.68. The second-order valence-corrected chi connectivity index (χ2v) is 9.45. The average molecular weight is 398 g/mol. The highest BCUT2D eigenvalue weighted by atomic mass is 16.6. The molecule has 158 valence electrons. The van der Waals surface area contributed by atoms with Gasteiger partial charge in [-0.3, -0.25) is 4.79 Å². The molecule has 4 saturated carbocycles. The molecule has 0 heterocycles. The van der Waals surface area contributed by atoms with Gasteiger partial charge in [0.2, 0.25) is 0 Å². The fourth-order valence-corrected chi connectivity index (χ4v) is 5.54. The molecule has 4 fully saturated rings. The van der Waals surface area contributed by atoms with Gasteiger partial charge in [0.05, 0.1) is 5.41 Å². The number of hydrogen-bond acceptors (Lipinski definition) is 8. The summed E-state index contributed by atoms with van der Waals surface area (Å²) >= 11 is 0. The van der Waals surface area contributed by atoms with Gasteiger partial charge >= 0.3 is 17.9 Å². The summed E-state index contributed by atoms with van der Waals surface area (Å²) in [4.78, 5) is 36.6. The summed E-state index contributed by atoms with van der Waals surface area (Å²) in [6.07, 6.45) is 3.32. The van der Waals surface area contributed by atoms with E-state index in [4.69, 9.17) is 24.4 Å². The van der Waals surface area contributed by atoms with Gasteiger partial charge in [0.25, 0.3) is 0 Å². The van der Waals surface area contributed by atoms with E-state index in [1.807, 2.05) is 20.8 Å². The maximum Gasteiger partial charge on any atom is 0.332 e. The van der Waals surface area contributed by atoms with Gasteiger partial charge in [-0.15, -0.1) is 0 Å². The van der Waals surface area contributed by atoms with Gasteiger partial charge in [0, 0.05) is 19.3 Å². The summed E-state index contributed by atoms with van der Waals surface area (Å²) < 4.78 is 17.3. The van der Waals surface area contributed by atoms with Crippen LogP contribution in [0.25, 0.3) is 0 Å². The third-order valence-electron chi connectivity index (χ3n) is 6.58. The van der Waals surface area contributed by atoms with Crippen molar-refractivity contribution in [1.82, 2.24) is 0 Å². The molecule has 2 N–H and O–H groups in total. The minimum absolute atomic E-state index is 0.0479. The summed E-state index contributed by atoms with van der Waals surface area (Å²) in [7, 11) is 0. The molecule has 0 saturated heterocycles. The third-order valence-corrected chi connectivity index (χ3v) is 6.58. The minimum atomic E-state index is -0.953. The van der Waals surface area contributed by atoms with Crippen LogP contribution in [0.5, 0.6) is 0 Å². The number of carbonyl (C=O) groups is 3. The third kappa shape index (κ3) is 3.76. The summed E-state index contributed by atoms with van der Waals surface area (Å²) in [6, 6.07) is 0. The molecule has 0 aromatic rings. The van der Waals surface area contributed by atoms with Crippen LogP contribution < -0.4 is 0 Å². The molecule has 0 aromatic heterocycles. The predicted molar refractivity (Wildman–Crippen MR) is 95.9 cm³/mol. The summed E-state index contributed by atoms with van der Waals surface area (Å²) in [5, 5.41) is 18.3. The first kappa shape index (κ1) is 21.0. The normalized spacial score (nSPS) is 36.1. The predicted octanol–water partition coefficient (Wildman–Crippen LogP) is 1.25. The van der Waals surface area contributed by atoms with E-state index in [0.29, 0.717) is 38.5 Å². The highest BCUT2D eigenvalue weighted by Crippen LogP contribution is 2.63. The molecule has 0 aromatic carbocycles. The van der Waals surface area contributed by atoms with Crippen molar-refractivity contribution in [2.24, 2.45) is 11.3 Å². The summed E-state index contributed by atoms with van der Waals surface area (Å²) in [6.45, 7) is 4.06. The number of aliphatic hydroxyl groups is 2. The topological polar surface area (TPSA) is 119 Å². The Morgan fingerprint density at radius 2 is 1.25 bits per heavy atom. The second kappa shape index (κ2) is 6.99. The van der Waals surface area contributed by atoms with Gasteiger partial charge in [-0.25, -0.2) is 9.59 Å². The highest BCUT2D eigenvalue weighted by molar-refractivity contribution is 5.76. The Hall–Kier alpha value is -1.67. The second-order valence-electron chi connectivity index (χ2n) is 9.45. The first-order valence-corrected chi connectivity index (χ1v) is 9.89. The molecular formula is C20H30O8. The molecule has 0 radical (unpaired) electrons. The van der Waals surface area contributed by atoms with Crippen molar-refractivity contribution in [3.63, 3.8) is 0 Å². The van der Waals surface area contributed by atoms with E-state index in [2.05, 4.69) is 0 Å². The molecule has 4 bridgehead atoms. The van der Waals surface area contributed by atoms with Crippen molar-refractivity contribution in [3.05, 3.63) is 0 Å². The number of carbonyl (C=O) groups excluding carboxylic acids is 3. The number of ether oxygens (including phenoxy) is 3. The van der Waals surface area contributed by atoms with Crippen LogP contribution in [0.1, 0.15) is 65.7 Å². The van der Waals surface area contributed by atoms with Gasteiger partial charge in [-0.2, -0.15) is 0 Å². The maximum absolute atomic E-state index is 12.8. The van der Waals surface area contributed by atoms with Crippen LogP contribution in [0.3, 0.4) is 0 Å². The molecule has 2 unspecified atom stereocenters. The number of aliphatic hydroxyl groups excluding tert-OH is 2. The molecule has 8 heteroatoms. The van der Waals surface area contributed by atoms with Crippen LogP contribution in [0.4, 0.5) is 0 Å². The van der Waals surface area contributed by atoms with E-state index in [9.17, 15) is 14.4 Å². The van der Waals surface area contributed by atoms with Crippen molar-refractivity contribution >= 4 is 17.9 Å². The monoisotopic (exact) mass is 398 g/mol. The zero-order chi connectivity index (χ0) is 20.8. The standard InChI is InChI=1S/C20H30O8/c1-4-17(2,3)16(25)28-20-7-13-5-18(11-20,26-14(23)8-21)10-19(6-13,12-20)27-15(24)9-22/h13,21-22H,4-12H2,1-3H3. The van der Waals surface area contributed by atoms with E-state index in [-0.39, 0.29) is 18.3 Å². The van der Waals surface area contributed by atoms with E-state index < -0.39 is 47.4 Å². The smallest absolute Gasteiger partial charge is 0.332 e. The fourth-order valence-electron chi connectivity index (χ4n) is 5.54. The van der Waals surface area contributed by atoms with Gasteiger partial charge < -0.3 is 24.4 Å². The molecule has 4 rings (SSSR count). The fraction of sp³-hybridized carbons (Fsp3) is 0.850. The molecule has 0 amide bonds. The van der Waals surface area contributed by atoms with Gasteiger partial charge in [0.1, 0.15) is 30.0 Å².